The summed E-state index contributed by atoms with van der Waals surface area (Å²) in [7, 11) is 0. The maximum atomic E-state index is 11.0. The third-order valence-corrected chi connectivity index (χ3v) is 3.01. The molecule has 0 atom stereocenters. The predicted octanol–water partition coefficient (Wildman–Crippen LogP) is 2.91. The Hall–Kier alpha value is -2.43. The van der Waals surface area contributed by atoms with Crippen molar-refractivity contribution in [1.29, 1.82) is 0 Å². The maximum absolute atomic E-state index is 11.0. The molecule has 0 radical (unpaired) electrons. The Labute approximate surface area is 117 Å². The first-order valence-corrected chi connectivity index (χ1v) is 6.45. The van der Waals surface area contributed by atoms with E-state index in [4.69, 9.17) is 5.11 Å². The molecule has 104 valence electrons. The smallest absolute Gasteiger partial charge is 0.358 e. The van der Waals surface area contributed by atoms with Gasteiger partial charge >= 0.3 is 5.97 Å². The summed E-state index contributed by atoms with van der Waals surface area (Å²) in [5.74, 6) is -0.306. The van der Waals surface area contributed by atoms with E-state index < -0.39 is 5.97 Å². The van der Waals surface area contributed by atoms with Crippen LogP contribution in [0.5, 0.6) is 0 Å². The van der Waals surface area contributed by atoms with E-state index in [0.29, 0.717) is 12.5 Å². The van der Waals surface area contributed by atoms with E-state index in [-0.39, 0.29) is 11.5 Å². The van der Waals surface area contributed by atoms with Crippen molar-refractivity contribution in [3.8, 4) is 0 Å². The first-order chi connectivity index (χ1) is 9.58. The fourth-order valence-corrected chi connectivity index (χ4v) is 1.83. The summed E-state index contributed by atoms with van der Waals surface area (Å²) in [5, 5.41) is 12.0. The molecule has 1 aromatic heterocycles. The van der Waals surface area contributed by atoms with Gasteiger partial charge in [-0.25, -0.2) is 14.8 Å². The molecule has 1 heterocycles. The minimum Gasteiger partial charge on any atom is -0.476 e. The van der Waals surface area contributed by atoms with Crippen LogP contribution in [0.25, 0.3) is 0 Å². The van der Waals surface area contributed by atoms with Crippen molar-refractivity contribution in [3.05, 3.63) is 53.5 Å². The molecule has 2 aromatic rings. The summed E-state index contributed by atoms with van der Waals surface area (Å²) in [6, 6.07) is 8.21. The van der Waals surface area contributed by atoms with Crippen molar-refractivity contribution in [1.82, 2.24) is 9.97 Å². The quantitative estimate of drug-likeness (QED) is 0.874. The van der Waals surface area contributed by atoms with Gasteiger partial charge in [0.1, 0.15) is 0 Å². The normalized spacial score (nSPS) is 10.6. The number of carboxylic acid groups (broad SMARTS) is 1. The number of carbonyl (C=O) groups is 1. The molecule has 5 heteroatoms. The molecular weight excluding hydrogens is 254 g/mol. The van der Waals surface area contributed by atoms with Gasteiger partial charge in [-0.2, -0.15) is 0 Å². The summed E-state index contributed by atoms with van der Waals surface area (Å²) < 4.78 is 0. The average molecular weight is 271 g/mol. The van der Waals surface area contributed by atoms with Crippen LogP contribution >= 0.6 is 0 Å². The van der Waals surface area contributed by atoms with Crippen LogP contribution in [-0.4, -0.2) is 21.0 Å². The molecule has 0 aliphatic heterocycles. The van der Waals surface area contributed by atoms with Crippen LogP contribution in [0.1, 0.15) is 41.4 Å². The molecule has 0 spiro atoms. The lowest BCUT2D eigenvalue weighted by atomic mass is 10.0. The molecule has 0 unspecified atom stereocenters. The number of hydrogen-bond acceptors (Lipinski definition) is 4. The van der Waals surface area contributed by atoms with Gasteiger partial charge in [-0.3, -0.25) is 0 Å². The van der Waals surface area contributed by atoms with Crippen molar-refractivity contribution in [2.75, 3.05) is 5.32 Å². The SMILES string of the molecule is CC(C)c1ccc(CNc2nccnc2C(=O)O)cc1. The van der Waals surface area contributed by atoms with Crippen LogP contribution in [0, 0.1) is 0 Å². The molecule has 20 heavy (non-hydrogen) atoms. The Morgan fingerprint density at radius 2 is 1.85 bits per heavy atom. The van der Waals surface area contributed by atoms with Gasteiger partial charge in [0.15, 0.2) is 11.5 Å². The minimum absolute atomic E-state index is 0.0636. The summed E-state index contributed by atoms with van der Waals surface area (Å²) in [6.45, 7) is 4.80. The number of nitrogens with one attached hydrogen (secondary N) is 1. The zero-order valence-electron chi connectivity index (χ0n) is 11.5. The first-order valence-electron chi connectivity index (χ1n) is 6.45. The Morgan fingerprint density at radius 3 is 2.45 bits per heavy atom. The van der Waals surface area contributed by atoms with Gasteiger partial charge < -0.3 is 10.4 Å². The number of nitrogens with zero attached hydrogens (tertiary/aromatic N) is 2. The lowest BCUT2D eigenvalue weighted by Gasteiger charge is -2.09. The van der Waals surface area contributed by atoms with Crippen LogP contribution in [0.4, 0.5) is 5.82 Å². The Kier molecular flexibility index (Phi) is 4.30. The number of carboxylic acids is 1. The molecule has 0 saturated carbocycles. The largest absolute Gasteiger partial charge is 0.476 e. The van der Waals surface area contributed by atoms with Crippen LogP contribution in [0.3, 0.4) is 0 Å². The molecule has 0 bridgehead atoms. The van der Waals surface area contributed by atoms with Crippen molar-refractivity contribution in [2.45, 2.75) is 26.3 Å². The van der Waals surface area contributed by atoms with E-state index in [1.165, 1.54) is 18.0 Å². The monoisotopic (exact) mass is 271 g/mol. The fourth-order valence-electron chi connectivity index (χ4n) is 1.83. The number of anilines is 1. The molecule has 0 saturated heterocycles. The van der Waals surface area contributed by atoms with Gasteiger partial charge in [-0.1, -0.05) is 38.1 Å². The molecule has 0 aliphatic carbocycles. The molecule has 2 N–H and O–H groups in total. The number of aromatic carboxylic acids is 1. The number of benzene rings is 1. The zero-order chi connectivity index (χ0) is 14.5. The highest BCUT2D eigenvalue weighted by Gasteiger charge is 2.11. The number of aromatic nitrogens is 2. The maximum Gasteiger partial charge on any atom is 0.358 e. The van der Waals surface area contributed by atoms with Gasteiger partial charge in [0, 0.05) is 18.9 Å². The Morgan fingerprint density at radius 1 is 1.20 bits per heavy atom. The van der Waals surface area contributed by atoms with Gasteiger partial charge in [0.2, 0.25) is 0 Å². The summed E-state index contributed by atoms with van der Waals surface area (Å²) >= 11 is 0. The standard InChI is InChI=1S/C15H17N3O2/c1-10(2)12-5-3-11(4-6-12)9-18-14-13(15(19)20)16-7-8-17-14/h3-8,10H,9H2,1-2H3,(H,17,18)(H,19,20). The van der Waals surface area contributed by atoms with E-state index in [1.807, 2.05) is 12.1 Å². The molecule has 0 amide bonds. The number of hydrogen-bond donors (Lipinski definition) is 2. The minimum atomic E-state index is -1.09. The second-order valence-electron chi connectivity index (χ2n) is 4.81. The van der Waals surface area contributed by atoms with E-state index in [1.54, 1.807) is 0 Å². The molecule has 0 aliphatic rings. The molecule has 0 fully saturated rings. The van der Waals surface area contributed by atoms with Crippen molar-refractivity contribution < 1.29 is 9.90 Å². The molecule has 2 rings (SSSR count). The second-order valence-corrected chi connectivity index (χ2v) is 4.81. The lowest BCUT2D eigenvalue weighted by molar-refractivity contribution is 0.0691. The van der Waals surface area contributed by atoms with Gasteiger partial charge in [-0.05, 0) is 17.0 Å². The highest BCUT2D eigenvalue weighted by molar-refractivity contribution is 5.90. The summed E-state index contributed by atoms with van der Waals surface area (Å²) in [6.07, 6.45) is 2.84. The Bertz CT molecular complexity index is 594. The van der Waals surface area contributed by atoms with E-state index in [0.717, 1.165) is 5.56 Å². The lowest BCUT2D eigenvalue weighted by Crippen LogP contribution is -2.10. The van der Waals surface area contributed by atoms with Crippen molar-refractivity contribution >= 4 is 11.8 Å². The fraction of sp³-hybridized carbons (Fsp3) is 0.267. The van der Waals surface area contributed by atoms with Crippen LogP contribution in [-0.2, 0) is 6.54 Å². The van der Waals surface area contributed by atoms with Gasteiger partial charge in [0.25, 0.3) is 0 Å². The van der Waals surface area contributed by atoms with Crippen LogP contribution in [0.15, 0.2) is 36.7 Å². The van der Waals surface area contributed by atoms with Gasteiger partial charge in [-0.15, -0.1) is 0 Å². The second kappa shape index (κ2) is 6.14. The topological polar surface area (TPSA) is 75.1 Å². The molecule has 1 aromatic carbocycles. The Balaban J connectivity index is 2.07. The van der Waals surface area contributed by atoms with Crippen molar-refractivity contribution in [2.24, 2.45) is 0 Å². The van der Waals surface area contributed by atoms with Crippen LogP contribution < -0.4 is 5.32 Å². The average Bonchev–Trinajstić information content (AvgIpc) is 2.45. The molecular formula is C15H17N3O2. The van der Waals surface area contributed by atoms with Gasteiger partial charge in [0.05, 0.1) is 0 Å². The first kappa shape index (κ1) is 14.0. The highest BCUT2D eigenvalue weighted by atomic mass is 16.4. The third kappa shape index (κ3) is 3.32. The highest BCUT2D eigenvalue weighted by Crippen LogP contribution is 2.16. The van der Waals surface area contributed by atoms with E-state index in [2.05, 4.69) is 41.3 Å². The zero-order valence-corrected chi connectivity index (χ0v) is 11.5. The van der Waals surface area contributed by atoms with Crippen molar-refractivity contribution in [3.63, 3.8) is 0 Å². The summed E-state index contributed by atoms with van der Waals surface area (Å²) in [4.78, 5) is 18.8. The van der Waals surface area contributed by atoms with E-state index in [9.17, 15) is 4.79 Å². The third-order valence-electron chi connectivity index (χ3n) is 3.01. The van der Waals surface area contributed by atoms with Crippen LogP contribution in [0.2, 0.25) is 0 Å². The summed E-state index contributed by atoms with van der Waals surface area (Å²) in [5.41, 5.74) is 2.28. The molecule has 5 nitrogen and oxygen atoms in total. The number of rotatable bonds is 5. The predicted molar refractivity (Wildman–Crippen MR) is 76.8 cm³/mol. The van der Waals surface area contributed by atoms with E-state index >= 15 is 0 Å².